The second kappa shape index (κ2) is 11.9. The third kappa shape index (κ3) is 7.32. The zero-order chi connectivity index (χ0) is 27.3. The lowest BCUT2D eigenvalue weighted by Crippen LogP contribution is -2.54. The van der Waals surface area contributed by atoms with E-state index in [-0.39, 0.29) is 23.0 Å². The second-order valence-corrected chi connectivity index (χ2v) is 9.13. The molecule has 4 N–H and O–H groups in total. The van der Waals surface area contributed by atoms with E-state index in [9.17, 15) is 27.9 Å². The highest BCUT2D eigenvalue weighted by atomic mass is 35.5. The van der Waals surface area contributed by atoms with Gasteiger partial charge in [0.25, 0.3) is 5.91 Å². The molecule has 0 heterocycles. The first-order valence-corrected chi connectivity index (χ1v) is 11.6. The van der Waals surface area contributed by atoms with Crippen molar-refractivity contribution in [1.29, 1.82) is 5.41 Å². The van der Waals surface area contributed by atoms with Gasteiger partial charge in [-0.25, -0.2) is 0 Å². The van der Waals surface area contributed by atoms with E-state index in [0.717, 1.165) is 11.1 Å². The molecule has 0 saturated carbocycles. The van der Waals surface area contributed by atoms with Crippen molar-refractivity contribution in [2.75, 3.05) is 0 Å². The maximum absolute atomic E-state index is 12.8. The van der Waals surface area contributed by atoms with E-state index >= 15 is 0 Å². The molecular formula is C25H26Cl2F3N3O3. The number of alkyl halides is 3. The van der Waals surface area contributed by atoms with Crippen molar-refractivity contribution in [3.8, 4) is 0 Å². The molecule has 2 rings (SSSR count). The highest BCUT2D eigenvalue weighted by Gasteiger charge is 2.55. The van der Waals surface area contributed by atoms with Gasteiger partial charge in [-0.1, -0.05) is 60.5 Å². The summed E-state index contributed by atoms with van der Waals surface area (Å²) < 4.78 is 38.5. The van der Waals surface area contributed by atoms with Gasteiger partial charge in [0.1, 0.15) is 5.84 Å². The first-order valence-electron chi connectivity index (χ1n) is 10.9. The molecule has 0 bridgehead atoms. The summed E-state index contributed by atoms with van der Waals surface area (Å²) in [6.45, 7) is 3.68. The summed E-state index contributed by atoms with van der Waals surface area (Å²) in [6, 6.07) is 9.69. The first-order chi connectivity index (χ1) is 16.7. The number of benzene rings is 2. The Morgan fingerprint density at radius 1 is 1.14 bits per heavy atom. The Morgan fingerprint density at radius 3 is 2.39 bits per heavy atom. The Hall–Kier alpha value is -2.88. The van der Waals surface area contributed by atoms with E-state index in [0.29, 0.717) is 23.9 Å². The summed E-state index contributed by atoms with van der Waals surface area (Å²) in [6.07, 6.45) is -1.24. The minimum atomic E-state index is -5.15. The molecule has 2 amide bonds. The molecule has 11 heteroatoms. The van der Waals surface area contributed by atoms with Crippen LogP contribution in [0.5, 0.6) is 0 Å². The van der Waals surface area contributed by atoms with Crippen molar-refractivity contribution in [3.05, 3.63) is 74.8 Å². The number of amides is 2. The fourth-order valence-electron chi connectivity index (χ4n) is 2.99. The maximum Gasteiger partial charge on any atom is 0.426 e. The van der Waals surface area contributed by atoms with Crippen LogP contribution in [-0.4, -0.2) is 34.5 Å². The summed E-state index contributed by atoms with van der Waals surface area (Å²) >= 11 is 12.3. The molecule has 0 aromatic heterocycles. The van der Waals surface area contributed by atoms with Gasteiger partial charge < -0.3 is 15.7 Å². The Kier molecular flexibility index (Phi) is 9.70. The SMILES string of the molecule is CCC(/C=C/c1ccc(C)c(Cl)c1)C(=O)NC(=N)c1cc(CNC(=O)C(C)(O)C(F)(F)F)ccc1Cl. The van der Waals surface area contributed by atoms with Crippen LogP contribution in [0.2, 0.25) is 10.0 Å². The number of halogens is 5. The monoisotopic (exact) mass is 543 g/mol. The Bertz CT molecular complexity index is 1180. The number of carbonyl (C=O) groups excluding carboxylic acids is 2. The standard InChI is InChI=1S/C25H26Cl2F3N3O3/c1-4-17(9-7-15-6-5-14(2)20(27)12-15)22(34)33-21(31)18-11-16(8-10-19(18)26)13-32-23(35)24(3,36)25(28,29)30/h5-12,17,36H,4,13H2,1-3H3,(H,32,35)(H2,31,33,34)/b9-7+. The van der Waals surface area contributed by atoms with Crippen LogP contribution in [0.15, 0.2) is 42.5 Å². The number of rotatable bonds is 8. The quantitative estimate of drug-likeness (QED) is 0.264. The van der Waals surface area contributed by atoms with Crippen LogP contribution in [0.1, 0.15) is 42.5 Å². The number of amidine groups is 1. The minimum Gasteiger partial charge on any atom is -0.373 e. The molecule has 0 aliphatic rings. The van der Waals surface area contributed by atoms with Crippen LogP contribution in [0.25, 0.3) is 6.08 Å². The zero-order valence-corrected chi connectivity index (χ0v) is 21.3. The Labute approximate surface area is 217 Å². The fraction of sp³-hybridized carbons (Fsp3) is 0.320. The third-order valence-electron chi connectivity index (χ3n) is 5.49. The molecule has 6 nitrogen and oxygen atoms in total. The van der Waals surface area contributed by atoms with Crippen LogP contribution in [0, 0.1) is 18.3 Å². The van der Waals surface area contributed by atoms with Crippen molar-refractivity contribution < 1.29 is 27.9 Å². The minimum absolute atomic E-state index is 0.114. The van der Waals surface area contributed by atoms with Gasteiger partial charge in [0.2, 0.25) is 11.5 Å². The third-order valence-corrected chi connectivity index (χ3v) is 6.23. The van der Waals surface area contributed by atoms with Crippen LogP contribution < -0.4 is 10.6 Å². The molecule has 36 heavy (non-hydrogen) atoms. The lowest BCUT2D eigenvalue weighted by molar-refractivity contribution is -0.245. The average molecular weight is 544 g/mol. The van der Waals surface area contributed by atoms with Gasteiger partial charge in [-0.05, 0) is 55.2 Å². The number of aryl methyl sites for hydroxylation is 1. The van der Waals surface area contributed by atoms with E-state index in [1.807, 2.05) is 31.3 Å². The van der Waals surface area contributed by atoms with Gasteiger partial charge in [0.05, 0.1) is 10.9 Å². The van der Waals surface area contributed by atoms with E-state index in [1.54, 1.807) is 18.2 Å². The van der Waals surface area contributed by atoms with Gasteiger partial charge in [-0.15, -0.1) is 0 Å². The zero-order valence-electron chi connectivity index (χ0n) is 19.8. The smallest absolute Gasteiger partial charge is 0.373 e. The molecule has 194 valence electrons. The molecule has 2 aromatic carbocycles. The topological polar surface area (TPSA) is 102 Å². The number of aliphatic hydroxyl groups is 1. The lowest BCUT2D eigenvalue weighted by atomic mass is 10.0. The van der Waals surface area contributed by atoms with Crippen molar-refractivity contribution in [1.82, 2.24) is 10.6 Å². The molecule has 2 atom stereocenters. The predicted molar refractivity (Wildman–Crippen MR) is 134 cm³/mol. The van der Waals surface area contributed by atoms with Crippen molar-refractivity contribution in [3.63, 3.8) is 0 Å². The number of carbonyl (C=O) groups is 2. The fourth-order valence-corrected chi connectivity index (χ4v) is 3.39. The van der Waals surface area contributed by atoms with E-state index < -0.39 is 29.5 Å². The molecule has 0 saturated heterocycles. The summed E-state index contributed by atoms with van der Waals surface area (Å²) in [5, 5.41) is 22.9. The van der Waals surface area contributed by atoms with Gasteiger partial charge in [0, 0.05) is 17.1 Å². The normalized spacial score (nSPS) is 14.2. The summed E-state index contributed by atoms with van der Waals surface area (Å²) in [7, 11) is 0. The second-order valence-electron chi connectivity index (χ2n) is 8.31. The number of nitrogens with one attached hydrogen (secondary N) is 3. The van der Waals surface area contributed by atoms with E-state index in [4.69, 9.17) is 28.6 Å². The molecule has 0 radical (unpaired) electrons. The molecule has 0 spiro atoms. The van der Waals surface area contributed by atoms with Crippen LogP contribution in [-0.2, 0) is 16.1 Å². The van der Waals surface area contributed by atoms with E-state index in [2.05, 4.69) is 5.32 Å². The van der Waals surface area contributed by atoms with Crippen molar-refractivity contribution >= 4 is 46.9 Å². The summed E-state index contributed by atoms with van der Waals surface area (Å²) in [4.78, 5) is 24.6. The highest BCUT2D eigenvalue weighted by molar-refractivity contribution is 6.34. The summed E-state index contributed by atoms with van der Waals surface area (Å²) in [5.41, 5.74) is -1.40. The van der Waals surface area contributed by atoms with Crippen LogP contribution in [0.4, 0.5) is 13.2 Å². The molecule has 2 unspecified atom stereocenters. The molecule has 0 fully saturated rings. The maximum atomic E-state index is 12.8. The molecule has 0 aliphatic heterocycles. The van der Waals surface area contributed by atoms with Gasteiger partial charge in [-0.2, -0.15) is 13.2 Å². The van der Waals surface area contributed by atoms with Crippen LogP contribution >= 0.6 is 23.2 Å². The van der Waals surface area contributed by atoms with Gasteiger partial charge in [-0.3, -0.25) is 15.0 Å². The predicted octanol–water partition coefficient (Wildman–Crippen LogP) is 5.41. The Balaban J connectivity index is 2.10. The largest absolute Gasteiger partial charge is 0.426 e. The lowest BCUT2D eigenvalue weighted by Gasteiger charge is -2.24. The summed E-state index contributed by atoms with van der Waals surface area (Å²) in [5.74, 6) is -2.95. The van der Waals surface area contributed by atoms with Crippen molar-refractivity contribution in [2.45, 2.75) is 45.5 Å². The Morgan fingerprint density at radius 2 is 1.81 bits per heavy atom. The van der Waals surface area contributed by atoms with Gasteiger partial charge in [0.15, 0.2) is 0 Å². The average Bonchev–Trinajstić information content (AvgIpc) is 2.80. The molecular weight excluding hydrogens is 518 g/mol. The van der Waals surface area contributed by atoms with E-state index in [1.165, 1.54) is 18.2 Å². The first kappa shape index (κ1) is 29.4. The van der Waals surface area contributed by atoms with Crippen LogP contribution in [0.3, 0.4) is 0 Å². The molecule has 2 aromatic rings. The highest BCUT2D eigenvalue weighted by Crippen LogP contribution is 2.30. The number of hydrogen-bond acceptors (Lipinski definition) is 4. The van der Waals surface area contributed by atoms with Gasteiger partial charge >= 0.3 is 6.18 Å². The molecule has 0 aliphatic carbocycles. The number of hydrogen-bond donors (Lipinski definition) is 4. The van der Waals surface area contributed by atoms with Crippen molar-refractivity contribution in [2.24, 2.45) is 5.92 Å².